The summed E-state index contributed by atoms with van der Waals surface area (Å²) in [5, 5.41) is 1.99. The lowest BCUT2D eigenvalue weighted by Gasteiger charge is -2.21. The van der Waals surface area contributed by atoms with Crippen molar-refractivity contribution in [3.05, 3.63) is 53.2 Å². The number of nitrogens with zero attached hydrogens (tertiary/aromatic N) is 1. The third-order valence-corrected chi connectivity index (χ3v) is 4.55. The highest BCUT2D eigenvalue weighted by molar-refractivity contribution is 6.30. The van der Waals surface area contributed by atoms with Crippen LogP contribution < -0.4 is 4.74 Å². The van der Waals surface area contributed by atoms with E-state index in [2.05, 4.69) is 69.5 Å². The molecule has 0 saturated carbocycles. The van der Waals surface area contributed by atoms with E-state index in [-0.39, 0.29) is 5.60 Å². The molecule has 25 heavy (non-hydrogen) atoms. The van der Waals surface area contributed by atoms with Crippen molar-refractivity contribution in [1.29, 1.82) is 0 Å². The zero-order chi connectivity index (χ0) is 18.2. The van der Waals surface area contributed by atoms with E-state index in [1.165, 1.54) is 27.7 Å². The number of hydrogen-bond donors (Lipinski definition) is 0. The molecule has 1 heterocycles. The highest BCUT2D eigenvalue weighted by atomic mass is 35.5. The Morgan fingerprint density at radius 3 is 2.32 bits per heavy atom. The van der Waals surface area contributed by atoms with Crippen LogP contribution in [0.15, 0.2) is 42.5 Å². The van der Waals surface area contributed by atoms with Crippen LogP contribution in [0, 0.1) is 6.92 Å². The van der Waals surface area contributed by atoms with E-state index in [9.17, 15) is 0 Å². The van der Waals surface area contributed by atoms with Crippen LogP contribution in [0.4, 0.5) is 0 Å². The predicted octanol–water partition coefficient (Wildman–Crippen LogP) is 6.86. The van der Waals surface area contributed by atoms with Gasteiger partial charge in [0, 0.05) is 33.7 Å². The van der Waals surface area contributed by atoms with Gasteiger partial charge in [-0.1, -0.05) is 30.7 Å². The number of aryl methyl sites for hydroxylation is 1. The first kappa shape index (κ1) is 17.9. The minimum Gasteiger partial charge on any atom is -0.488 e. The van der Waals surface area contributed by atoms with Crippen molar-refractivity contribution in [3.8, 4) is 16.9 Å². The number of aromatic nitrogens is 1. The molecule has 2 nitrogen and oxygen atoms in total. The standard InChI is InChI=1S/C22H26ClNO/c1-6-13-24-15(2)21(16-7-9-17(23)10-8-16)19-14-18(11-12-20(19)24)25-22(3,4)5/h7-12,14H,6,13H2,1-5H3. The van der Waals surface area contributed by atoms with Gasteiger partial charge in [0.1, 0.15) is 11.4 Å². The van der Waals surface area contributed by atoms with Gasteiger partial charge in [0.25, 0.3) is 0 Å². The molecule has 0 N–H and O–H groups in total. The van der Waals surface area contributed by atoms with Crippen molar-refractivity contribution in [2.24, 2.45) is 0 Å². The van der Waals surface area contributed by atoms with E-state index in [1.54, 1.807) is 0 Å². The number of hydrogen-bond acceptors (Lipinski definition) is 1. The lowest BCUT2D eigenvalue weighted by molar-refractivity contribution is 0.131. The molecule has 3 heteroatoms. The van der Waals surface area contributed by atoms with Crippen LogP contribution in [0.25, 0.3) is 22.0 Å². The molecule has 0 aliphatic heterocycles. The average Bonchev–Trinajstić information content (AvgIpc) is 2.79. The van der Waals surface area contributed by atoms with Crippen LogP contribution in [-0.4, -0.2) is 10.2 Å². The third-order valence-electron chi connectivity index (χ3n) is 4.30. The average molecular weight is 356 g/mol. The molecular weight excluding hydrogens is 330 g/mol. The number of halogens is 1. The lowest BCUT2D eigenvalue weighted by Crippen LogP contribution is -2.22. The molecule has 1 aromatic heterocycles. The van der Waals surface area contributed by atoms with Crippen molar-refractivity contribution in [2.45, 2.75) is 53.2 Å². The molecule has 0 aliphatic carbocycles. The summed E-state index contributed by atoms with van der Waals surface area (Å²) in [6.07, 6.45) is 1.10. The van der Waals surface area contributed by atoms with Gasteiger partial charge in [0.2, 0.25) is 0 Å². The summed E-state index contributed by atoms with van der Waals surface area (Å²) in [5.74, 6) is 0.906. The molecule has 132 valence electrons. The largest absolute Gasteiger partial charge is 0.488 e. The van der Waals surface area contributed by atoms with Crippen LogP contribution in [0.2, 0.25) is 5.02 Å². The highest BCUT2D eigenvalue weighted by Crippen LogP contribution is 2.37. The van der Waals surface area contributed by atoms with Gasteiger partial charge in [0.05, 0.1) is 0 Å². The molecule has 0 atom stereocenters. The summed E-state index contributed by atoms with van der Waals surface area (Å²) in [6.45, 7) is 11.6. The van der Waals surface area contributed by atoms with E-state index in [0.717, 1.165) is 23.7 Å². The molecule has 3 rings (SSSR count). The fourth-order valence-corrected chi connectivity index (χ4v) is 3.50. The van der Waals surface area contributed by atoms with Crippen molar-refractivity contribution < 1.29 is 4.74 Å². The van der Waals surface area contributed by atoms with Crippen molar-refractivity contribution in [2.75, 3.05) is 0 Å². The number of fused-ring (bicyclic) bond motifs is 1. The van der Waals surface area contributed by atoms with Crippen molar-refractivity contribution >= 4 is 22.5 Å². The van der Waals surface area contributed by atoms with E-state index < -0.39 is 0 Å². The Morgan fingerprint density at radius 1 is 1.04 bits per heavy atom. The Morgan fingerprint density at radius 2 is 1.72 bits per heavy atom. The Balaban J connectivity index is 2.23. The molecule has 0 saturated heterocycles. The fourth-order valence-electron chi connectivity index (χ4n) is 3.37. The van der Waals surface area contributed by atoms with Gasteiger partial charge >= 0.3 is 0 Å². The van der Waals surface area contributed by atoms with Gasteiger partial charge in [-0.15, -0.1) is 0 Å². The van der Waals surface area contributed by atoms with Crippen LogP contribution in [0.1, 0.15) is 39.8 Å². The molecule has 0 aliphatic rings. The highest BCUT2D eigenvalue weighted by Gasteiger charge is 2.18. The number of ether oxygens (including phenoxy) is 1. The summed E-state index contributed by atoms with van der Waals surface area (Å²) in [7, 11) is 0. The Labute approximate surface area is 155 Å². The van der Waals surface area contributed by atoms with Gasteiger partial charge in [-0.05, 0) is 70.0 Å². The summed E-state index contributed by atoms with van der Waals surface area (Å²) in [4.78, 5) is 0. The summed E-state index contributed by atoms with van der Waals surface area (Å²) >= 11 is 6.08. The Kier molecular flexibility index (Phi) is 4.83. The van der Waals surface area contributed by atoms with E-state index in [1.807, 2.05) is 12.1 Å². The molecule has 3 aromatic rings. The minimum atomic E-state index is -0.213. The van der Waals surface area contributed by atoms with Crippen molar-refractivity contribution in [1.82, 2.24) is 4.57 Å². The second-order valence-corrected chi connectivity index (χ2v) is 7.95. The number of rotatable bonds is 4. The van der Waals surface area contributed by atoms with E-state index >= 15 is 0 Å². The molecule has 0 bridgehead atoms. The normalized spacial score (nSPS) is 11.9. The maximum absolute atomic E-state index is 6.10. The van der Waals surface area contributed by atoms with Gasteiger partial charge in [-0.25, -0.2) is 0 Å². The van der Waals surface area contributed by atoms with Gasteiger partial charge in [0.15, 0.2) is 0 Å². The minimum absolute atomic E-state index is 0.213. The maximum Gasteiger partial charge on any atom is 0.120 e. The molecule has 0 fully saturated rings. The van der Waals surface area contributed by atoms with Crippen LogP contribution in [0.5, 0.6) is 5.75 Å². The molecule has 0 amide bonds. The second-order valence-electron chi connectivity index (χ2n) is 7.51. The topological polar surface area (TPSA) is 14.2 Å². The van der Waals surface area contributed by atoms with Gasteiger partial charge in [-0.3, -0.25) is 0 Å². The van der Waals surface area contributed by atoms with Gasteiger partial charge < -0.3 is 9.30 Å². The zero-order valence-electron chi connectivity index (χ0n) is 15.7. The van der Waals surface area contributed by atoms with Crippen LogP contribution >= 0.6 is 11.6 Å². The van der Waals surface area contributed by atoms with E-state index in [4.69, 9.17) is 16.3 Å². The second kappa shape index (κ2) is 6.76. The summed E-state index contributed by atoms with van der Waals surface area (Å²) < 4.78 is 8.50. The molecular formula is C22H26ClNO. The van der Waals surface area contributed by atoms with Crippen LogP contribution in [-0.2, 0) is 6.54 Å². The monoisotopic (exact) mass is 355 g/mol. The smallest absolute Gasteiger partial charge is 0.120 e. The Hall–Kier alpha value is -1.93. The fraction of sp³-hybridized carbons (Fsp3) is 0.364. The molecule has 0 spiro atoms. The number of benzene rings is 2. The SMILES string of the molecule is CCCn1c(C)c(-c2ccc(Cl)cc2)c2cc(OC(C)(C)C)ccc21. The first-order valence-corrected chi connectivity index (χ1v) is 9.26. The summed E-state index contributed by atoms with van der Waals surface area (Å²) in [5.41, 5.74) is 4.78. The molecule has 0 unspecified atom stereocenters. The van der Waals surface area contributed by atoms with Gasteiger partial charge in [-0.2, -0.15) is 0 Å². The first-order chi connectivity index (χ1) is 11.8. The van der Waals surface area contributed by atoms with Crippen molar-refractivity contribution in [3.63, 3.8) is 0 Å². The molecule has 2 aromatic carbocycles. The molecule has 0 radical (unpaired) electrons. The van der Waals surface area contributed by atoms with E-state index in [0.29, 0.717) is 0 Å². The predicted molar refractivity (Wildman–Crippen MR) is 108 cm³/mol. The van der Waals surface area contributed by atoms with Crippen LogP contribution in [0.3, 0.4) is 0 Å². The lowest BCUT2D eigenvalue weighted by atomic mass is 10.0. The summed E-state index contributed by atoms with van der Waals surface area (Å²) in [6, 6.07) is 14.5. The Bertz CT molecular complexity index is 885. The zero-order valence-corrected chi connectivity index (χ0v) is 16.4. The quantitative estimate of drug-likeness (QED) is 0.498. The first-order valence-electron chi connectivity index (χ1n) is 8.88. The third kappa shape index (κ3) is 3.69. The maximum atomic E-state index is 6.10.